The van der Waals surface area contributed by atoms with Crippen LogP contribution in [0.15, 0.2) is 52.3 Å². The van der Waals surface area contributed by atoms with Crippen LogP contribution in [0.25, 0.3) is 10.2 Å². The van der Waals surface area contributed by atoms with Crippen LogP contribution >= 0.6 is 11.3 Å². The predicted octanol–water partition coefficient (Wildman–Crippen LogP) is 2.52. The lowest BCUT2D eigenvalue weighted by Gasteiger charge is -2.10. The molecule has 30 heavy (non-hydrogen) atoms. The maximum absolute atomic E-state index is 12.3. The summed E-state index contributed by atoms with van der Waals surface area (Å²) in [7, 11) is -3.92. The van der Waals surface area contributed by atoms with Gasteiger partial charge in [0, 0.05) is 14.1 Å². The molecular weight excluding hydrogens is 446 g/mol. The van der Waals surface area contributed by atoms with E-state index in [0.29, 0.717) is 20.9 Å². The van der Waals surface area contributed by atoms with Gasteiger partial charge in [0.25, 0.3) is 0 Å². The monoisotopic (exact) mass is 467 g/mol. The molecule has 0 unspecified atom stereocenters. The van der Waals surface area contributed by atoms with E-state index in [1.54, 1.807) is 25.1 Å². The van der Waals surface area contributed by atoms with Crippen molar-refractivity contribution in [3.63, 3.8) is 0 Å². The first-order valence-corrected chi connectivity index (χ1v) is 12.9. The maximum atomic E-state index is 12.3. The predicted molar refractivity (Wildman–Crippen MR) is 117 cm³/mol. The number of amides is 1. The molecule has 0 saturated carbocycles. The van der Waals surface area contributed by atoms with Crippen molar-refractivity contribution in [2.24, 2.45) is 0 Å². The molecule has 0 aliphatic carbocycles. The standard InChI is InChI=1S/C19H21N3O5S3/c1-4-29(24,25)14-7-5-13(6-8-14)11-18(23)21-19-20-16-10-9-15(12-17(16)28-19)30(26,27)22(2)3/h5-10,12H,4,11H2,1-3H3,(H,20,21,23). The van der Waals surface area contributed by atoms with Gasteiger partial charge in [-0.1, -0.05) is 30.4 Å². The van der Waals surface area contributed by atoms with Crippen molar-refractivity contribution in [1.82, 2.24) is 9.29 Å². The Bertz CT molecular complexity index is 1290. The Morgan fingerprint density at radius 3 is 2.27 bits per heavy atom. The van der Waals surface area contributed by atoms with Gasteiger partial charge in [-0.3, -0.25) is 4.79 Å². The van der Waals surface area contributed by atoms with Crippen LogP contribution in [-0.2, 0) is 31.1 Å². The van der Waals surface area contributed by atoms with Crippen LogP contribution in [0.2, 0.25) is 0 Å². The van der Waals surface area contributed by atoms with E-state index in [2.05, 4.69) is 10.3 Å². The number of fused-ring (bicyclic) bond motifs is 1. The van der Waals surface area contributed by atoms with E-state index in [0.717, 1.165) is 4.31 Å². The molecule has 1 amide bonds. The lowest BCUT2D eigenvalue weighted by Crippen LogP contribution is -2.22. The van der Waals surface area contributed by atoms with E-state index in [1.165, 1.54) is 49.7 Å². The van der Waals surface area contributed by atoms with E-state index >= 15 is 0 Å². The second kappa shape index (κ2) is 8.42. The molecule has 8 nitrogen and oxygen atoms in total. The first-order chi connectivity index (χ1) is 14.0. The van der Waals surface area contributed by atoms with Crippen molar-refractivity contribution in [2.75, 3.05) is 25.2 Å². The van der Waals surface area contributed by atoms with Gasteiger partial charge >= 0.3 is 0 Å². The quantitative estimate of drug-likeness (QED) is 0.571. The minimum atomic E-state index is -3.56. The molecular formula is C19H21N3O5S3. The molecule has 1 heterocycles. The molecule has 160 valence electrons. The third kappa shape index (κ3) is 4.69. The Morgan fingerprint density at radius 2 is 1.67 bits per heavy atom. The molecule has 0 fully saturated rings. The van der Waals surface area contributed by atoms with Crippen LogP contribution in [0, 0.1) is 0 Å². The number of rotatable bonds is 7. The zero-order chi connectivity index (χ0) is 22.1. The number of hydrogen-bond acceptors (Lipinski definition) is 7. The van der Waals surface area contributed by atoms with Gasteiger partial charge < -0.3 is 5.32 Å². The van der Waals surface area contributed by atoms with Crippen LogP contribution in [0.1, 0.15) is 12.5 Å². The molecule has 2 aromatic carbocycles. The molecule has 0 atom stereocenters. The Labute approximate surface area is 179 Å². The van der Waals surface area contributed by atoms with Crippen molar-refractivity contribution in [2.45, 2.75) is 23.1 Å². The normalized spacial score (nSPS) is 12.4. The van der Waals surface area contributed by atoms with E-state index in [9.17, 15) is 21.6 Å². The molecule has 11 heteroatoms. The number of carbonyl (C=O) groups excluding carboxylic acids is 1. The van der Waals surface area contributed by atoms with Gasteiger partial charge in [0.1, 0.15) is 0 Å². The van der Waals surface area contributed by atoms with Crippen LogP contribution in [-0.4, -0.2) is 51.9 Å². The van der Waals surface area contributed by atoms with Crippen LogP contribution in [0.4, 0.5) is 5.13 Å². The highest BCUT2D eigenvalue weighted by atomic mass is 32.2. The number of sulfone groups is 1. The third-order valence-corrected chi connectivity index (χ3v) is 8.91. The Balaban J connectivity index is 1.74. The smallest absolute Gasteiger partial charge is 0.242 e. The number of thiazole rings is 1. The number of sulfonamides is 1. The van der Waals surface area contributed by atoms with E-state index in [-0.39, 0.29) is 27.9 Å². The Morgan fingerprint density at radius 1 is 1.03 bits per heavy atom. The summed E-state index contributed by atoms with van der Waals surface area (Å²) in [4.78, 5) is 17.0. The number of benzene rings is 2. The number of anilines is 1. The van der Waals surface area contributed by atoms with E-state index in [1.807, 2.05) is 0 Å². The lowest BCUT2D eigenvalue weighted by atomic mass is 10.1. The molecule has 1 N–H and O–H groups in total. The van der Waals surface area contributed by atoms with Crippen LogP contribution in [0.3, 0.4) is 0 Å². The number of nitrogens with zero attached hydrogens (tertiary/aromatic N) is 2. The maximum Gasteiger partial charge on any atom is 0.242 e. The van der Waals surface area contributed by atoms with Gasteiger partial charge in [-0.05, 0) is 35.9 Å². The van der Waals surface area contributed by atoms with Crippen molar-refractivity contribution in [3.05, 3.63) is 48.0 Å². The summed E-state index contributed by atoms with van der Waals surface area (Å²) in [6.45, 7) is 1.58. The topological polar surface area (TPSA) is 114 Å². The zero-order valence-electron chi connectivity index (χ0n) is 16.6. The first-order valence-electron chi connectivity index (χ1n) is 8.97. The van der Waals surface area contributed by atoms with Gasteiger partial charge in [0.2, 0.25) is 15.9 Å². The van der Waals surface area contributed by atoms with Crippen molar-refractivity contribution >= 4 is 52.5 Å². The SMILES string of the molecule is CCS(=O)(=O)c1ccc(CC(=O)Nc2nc3ccc(S(=O)(=O)N(C)C)cc3s2)cc1. The molecule has 0 spiro atoms. The first kappa shape index (κ1) is 22.3. The summed E-state index contributed by atoms with van der Waals surface area (Å²) in [6.07, 6.45) is 0.0582. The zero-order valence-corrected chi connectivity index (χ0v) is 19.1. The minimum absolute atomic E-state index is 0.0159. The minimum Gasteiger partial charge on any atom is -0.302 e. The number of hydrogen-bond donors (Lipinski definition) is 1. The fourth-order valence-electron chi connectivity index (χ4n) is 2.66. The van der Waals surface area contributed by atoms with E-state index in [4.69, 9.17) is 0 Å². The highest BCUT2D eigenvalue weighted by molar-refractivity contribution is 7.91. The Kier molecular flexibility index (Phi) is 6.27. The lowest BCUT2D eigenvalue weighted by molar-refractivity contribution is -0.115. The fourth-order valence-corrected chi connectivity index (χ4v) is 5.47. The fraction of sp³-hybridized carbons (Fsp3) is 0.263. The molecule has 0 saturated heterocycles. The third-order valence-electron chi connectivity index (χ3n) is 4.41. The second-order valence-electron chi connectivity index (χ2n) is 6.71. The second-order valence-corrected chi connectivity index (χ2v) is 12.2. The van der Waals surface area contributed by atoms with Gasteiger partial charge in [-0.15, -0.1) is 0 Å². The number of nitrogens with one attached hydrogen (secondary N) is 1. The van der Waals surface area contributed by atoms with Gasteiger partial charge in [-0.2, -0.15) is 0 Å². The Hall–Kier alpha value is -2.34. The number of carbonyl (C=O) groups is 1. The molecule has 0 aliphatic heterocycles. The van der Waals surface area contributed by atoms with Crippen LogP contribution in [0.5, 0.6) is 0 Å². The summed E-state index contributed by atoms with van der Waals surface area (Å²) < 4.78 is 50.0. The molecule has 3 aromatic rings. The molecule has 0 bridgehead atoms. The summed E-state index contributed by atoms with van der Waals surface area (Å²) in [5.41, 5.74) is 1.25. The highest BCUT2D eigenvalue weighted by Gasteiger charge is 2.19. The van der Waals surface area contributed by atoms with Crippen LogP contribution < -0.4 is 5.32 Å². The average molecular weight is 468 g/mol. The molecule has 0 radical (unpaired) electrons. The van der Waals surface area contributed by atoms with Gasteiger partial charge in [0.15, 0.2) is 15.0 Å². The van der Waals surface area contributed by atoms with Gasteiger partial charge in [0.05, 0.1) is 32.2 Å². The van der Waals surface area contributed by atoms with E-state index < -0.39 is 19.9 Å². The summed E-state index contributed by atoms with van der Waals surface area (Å²) in [5, 5.41) is 3.07. The van der Waals surface area contributed by atoms with Crippen molar-refractivity contribution < 1.29 is 21.6 Å². The summed E-state index contributed by atoms with van der Waals surface area (Å²) in [6, 6.07) is 10.8. The highest BCUT2D eigenvalue weighted by Crippen LogP contribution is 2.29. The summed E-state index contributed by atoms with van der Waals surface area (Å²) in [5.74, 6) is -0.288. The van der Waals surface area contributed by atoms with Crippen molar-refractivity contribution in [1.29, 1.82) is 0 Å². The van der Waals surface area contributed by atoms with Gasteiger partial charge in [-0.25, -0.2) is 26.1 Å². The molecule has 1 aromatic heterocycles. The average Bonchev–Trinajstić information content (AvgIpc) is 3.09. The number of aromatic nitrogens is 1. The molecule has 0 aliphatic rings. The molecule has 3 rings (SSSR count). The van der Waals surface area contributed by atoms with Crippen molar-refractivity contribution in [3.8, 4) is 0 Å². The largest absolute Gasteiger partial charge is 0.302 e. The summed E-state index contributed by atoms with van der Waals surface area (Å²) >= 11 is 1.18.